The number of nitrogens with zero attached hydrogens (tertiary/aromatic N) is 1. The summed E-state index contributed by atoms with van der Waals surface area (Å²) in [5, 5.41) is 12.7. The standard InChI is InChI=1S/C30H36N2O5/c1-4-19-32(29(35)31-25-15-11-23(2)12-16-25)20-8-21-36-26-17-13-24(14-18-26)22-30(3,28(33)34)37-27-9-6-5-7-10-27/h5-7,9-18H,4,8,19-22H2,1-3H3,(H,31,35)(H,33,34). The summed E-state index contributed by atoms with van der Waals surface area (Å²) >= 11 is 0. The van der Waals surface area contributed by atoms with Crippen molar-refractivity contribution < 1.29 is 24.2 Å². The molecule has 0 heterocycles. The number of hydrogen-bond acceptors (Lipinski definition) is 4. The van der Waals surface area contributed by atoms with Gasteiger partial charge < -0.3 is 24.8 Å². The summed E-state index contributed by atoms with van der Waals surface area (Å²) < 4.78 is 11.7. The Hall–Kier alpha value is -4.00. The largest absolute Gasteiger partial charge is 0.494 e. The average Bonchev–Trinajstić information content (AvgIpc) is 2.88. The zero-order valence-corrected chi connectivity index (χ0v) is 21.8. The second-order valence-electron chi connectivity index (χ2n) is 9.26. The highest BCUT2D eigenvalue weighted by Crippen LogP contribution is 2.24. The SMILES string of the molecule is CCCN(CCCOc1ccc(CC(C)(Oc2ccccc2)C(=O)O)cc1)C(=O)Nc1ccc(C)cc1. The van der Waals surface area contributed by atoms with Gasteiger partial charge in [0.15, 0.2) is 0 Å². The van der Waals surface area contributed by atoms with E-state index in [-0.39, 0.29) is 12.5 Å². The molecule has 0 bridgehead atoms. The first-order valence-corrected chi connectivity index (χ1v) is 12.6. The number of anilines is 1. The predicted molar refractivity (Wildman–Crippen MR) is 145 cm³/mol. The van der Waals surface area contributed by atoms with Crippen LogP contribution in [0.4, 0.5) is 10.5 Å². The molecule has 3 aromatic carbocycles. The van der Waals surface area contributed by atoms with Gasteiger partial charge in [0, 0.05) is 25.2 Å². The molecule has 7 heteroatoms. The Morgan fingerprint density at radius 3 is 2.22 bits per heavy atom. The second-order valence-corrected chi connectivity index (χ2v) is 9.26. The smallest absolute Gasteiger partial charge is 0.348 e. The van der Waals surface area contributed by atoms with Crippen molar-refractivity contribution in [2.45, 2.75) is 45.6 Å². The van der Waals surface area contributed by atoms with Crippen molar-refractivity contribution in [3.63, 3.8) is 0 Å². The summed E-state index contributed by atoms with van der Waals surface area (Å²) in [4.78, 5) is 26.4. The van der Waals surface area contributed by atoms with E-state index in [2.05, 4.69) is 5.32 Å². The van der Waals surface area contributed by atoms with Crippen LogP contribution in [0.15, 0.2) is 78.9 Å². The highest BCUT2D eigenvalue weighted by atomic mass is 16.5. The molecule has 0 radical (unpaired) electrons. The predicted octanol–water partition coefficient (Wildman–Crippen LogP) is 6.17. The number of carboxylic acid groups (broad SMARTS) is 1. The monoisotopic (exact) mass is 504 g/mol. The number of rotatable bonds is 13. The van der Waals surface area contributed by atoms with Gasteiger partial charge in [-0.2, -0.15) is 0 Å². The van der Waals surface area contributed by atoms with Crippen molar-refractivity contribution in [1.82, 2.24) is 4.90 Å². The second kappa shape index (κ2) is 13.3. The molecule has 196 valence electrons. The van der Waals surface area contributed by atoms with Gasteiger partial charge in [-0.15, -0.1) is 0 Å². The van der Waals surface area contributed by atoms with Gasteiger partial charge in [-0.25, -0.2) is 9.59 Å². The number of ether oxygens (including phenoxy) is 2. The van der Waals surface area contributed by atoms with Crippen LogP contribution >= 0.6 is 0 Å². The van der Waals surface area contributed by atoms with Crippen LogP contribution in [0.2, 0.25) is 0 Å². The summed E-state index contributed by atoms with van der Waals surface area (Å²) in [6, 6.07) is 23.9. The van der Waals surface area contributed by atoms with Crippen molar-refractivity contribution in [3.8, 4) is 11.5 Å². The maximum atomic E-state index is 12.7. The Labute approximate surface area is 219 Å². The first-order valence-electron chi connectivity index (χ1n) is 12.6. The molecule has 0 saturated heterocycles. The first-order chi connectivity index (χ1) is 17.8. The lowest BCUT2D eigenvalue weighted by molar-refractivity contribution is -0.153. The fourth-order valence-corrected chi connectivity index (χ4v) is 3.87. The van der Waals surface area contributed by atoms with Crippen LogP contribution in [0.5, 0.6) is 11.5 Å². The van der Waals surface area contributed by atoms with Gasteiger partial charge >= 0.3 is 12.0 Å². The van der Waals surface area contributed by atoms with Crippen molar-refractivity contribution in [3.05, 3.63) is 90.0 Å². The number of hydrogen-bond donors (Lipinski definition) is 2. The lowest BCUT2D eigenvalue weighted by Gasteiger charge is -2.26. The maximum Gasteiger partial charge on any atom is 0.348 e. The van der Waals surface area contributed by atoms with E-state index in [1.807, 2.05) is 80.6 Å². The number of amides is 2. The van der Waals surface area contributed by atoms with Crippen LogP contribution < -0.4 is 14.8 Å². The Morgan fingerprint density at radius 1 is 0.919 bits per heavy atom. The topological polar surface area (TPSA) is 88.1 Å². The summed E-state index contributed by atoms with van der Waals surface area (Å²) in [5.74, 6) is 0.174. The molecule has 0 fully saturated rings. The van der Waals surface area contributed by atoms with Gasteiger partial charge in [-0.1, -0.05) is 55.0 Å². The van der Waals surface area contributed by atoms with E-state index in [9.17, 15) is 14.7 Å². The van der Waals surface area contributed by atoms with Gasteiger partial charge in [-0.3, -0.25) is 0 Å². The van der Waals surface area contributed by atoms with Crippen LogP contribution in [0.25, 0.3) is 0 Å². The Kier molecular flexibility index (Phi) is 9.95. The number of carbonyl (C=O) groups is 2. The lowest BCUT2D eigenvalue weighted by Crippen LogP contribution is -2.43. The summed E-state index contributed by atoms with van der Waals surface area (Å²) in [5.41, 5.74) is 1.35. The Bertz CT molecular complexity index is 1130. The number of carboxylic acids is 1. The zero-order valence-electron chi connectivity index (χ0n) is 21.8. The van der Waals surface area contributed by atoms with Crippen molar-refractivity contribution in [1.29, 1.82) is 0 Å². The van der Waals surface area contributed by atoms with Crippen molar-refractivity contribution in [2.75, 3.05) is 25.0 Å². The summed E-state index contributed by atoms with van der Waals surface area (Å²) in [7, 11) is 0. The molecule has 2 N–H and O–H groups in total. The van der Waals surface area contributed by atoms with Crippen LogP contribution in [-0.4, -0.2) is 47.3 Å². The normalized spacial score (nSPS) is 12.3. The zero-order chi connectivity index (χ0) is 26.7. The number of carbonyl (C=O) groups excluding carboxylic acids is 1. The number of aliphatic carboxylic acids is 1. The molecular formula is C30H36N2O5. The van der Waals surface area contributed by atoms with Gasteiger partial charge in [0.2, 0.25) is 5.60 Å². The minimum Gasteiger partial charge on any atom is -0.494 e. The third-order valence-electron chi connectivity index (χ3n) is 5.93. The Morgan fingerprint density at radius 2 is 1.59 bits per heavy atom. The highest BCUT2D eigenvalue weighted by Gasteiger charge is 2.36. The third kappa shape index (κ3) is 8.56. The van der Waals surface area contributed by atoms with Crippen LogP contribution in [-0.2, 0) is 11.2 Å². The molecule has 3 aromatic rings. The number of benzene rings is 3. The number of aryl methyl sites for hydroxylation is 1. The molecule has 1 atom stereocenters. The van der Waals surface area contributed by atoms with Crippen LogP contribution in [0, 0.1) is 6.92 Å². The van der Waals surface area contributed by atoms with E-state index in [1.165, 1.54) is 0 Å². The lowest BCUT2D eigenvalue weighted by atomic mass is 9.96. The van der Waals surface area contributed by atoms with E-state index < -0.39 is 11.6 Å². The number of para-hydroxylation sites is 1. The van der Waals surface area contributed by atoms with E-state index in [4.69, 9.17) is 9.47 Å². The van der Waals surface area contributed by atoms with Gasteiger partial charge in [-0.05, 0) is 68.7 Å². The highest BCUT2D eigenvalue weighted by molar-refractivity contribution is 5.89. The van der Waals surface area contributed by atoms with Crippen LogP contribution in [0.3, 0.4) is 0 Å². The maximum absolute atomic E-state index is 12.7. The summed E-state index contributed by atoms with van der Waals surface area (Å²) in [6.07, 6.45) is 1.76. The molecule has 2 amide bonds. The molecule has 0 aromatic heterocycles. The average molecular weight is 505 g/mol. The molecule has 1 unspecified atom stereocenters. The number of urea groups is 1. The molecule has 0 aliphatic rings. The minimum atomic E-state index is -1.40. The third-order valence-corrected chi connectivity index (χ3v) is 5.93. The van der Waals surface area contributed by atoms with Gasteiger partial charge in [0.05, 0.1) is 6.61 Å². The quantitative estimate of drug-likeness (QED) is 0.272. The number of nitrogens with one attached hydrogen (secondary N) is 1. The van der Waals surface area contributed by atoms with Crippen molar-refractivity contribution in [2.24, 2.45) is 0 Å². The van der Waals surface area contributed by atoms with Gasteiger partial charge in [0.25, 0.3) is 0 Å². The summed E-state index contributed by atoms with van der Waals surface area (Å²) in [6.45, 7) is 7.34. The van der Waals surface area contributed by atoms with E-state index in [0.717, 1.165) is 23.2 Å². The molecule has 7 nitrogen and oxygen atoms in total. The molecular weight excluding hydrogens is 468 g/mol. The molecule has 3 rings (SSSR count). The van der Waals surface area contributed by atoms with Crippen LogP contribution in [0.1, 0.15) is 37.8 Å². The van der Waals surface area contributed by atoms with Gasteiger partial charge in [0.1, 0.15) is 11.5 Å². The molecule has 0 aliphatic heterocycles. The van der Waals surface area contributed by atoms with E-state index in [1.54, 1.807) is 24.0 Å². The Balaban J connectivity index is 1.48. The first kappa shape index (κ1) is 27.6. The molecule has 0 spiro atoms. The van der Waals surface area contributed by atoms with E-state index >= 15 is 0 Å². The van der Waals surface area contributed by atoms with Crippen molar-refractivity contribution >= 4 is 17.7 Å². The molecule has 37 heavy (non-hydrogen) atoms. The molecule has 0 aliphatic carbocycles. The van der Waals surface area contributed by atoms with E-state index in [0.29, 0.717) is 37.6 Å². The fraction of sp³-hybridized carbons (Fsp3) is 0.333. The minimum absolute atomic E-state index is 0.116. The fourth-order valence-electron chi connectivity index (χ4n) is 3.87. The molecule has 0 saturated carbocycles.